The van der Waals surface area contributed by atoms with Crippen molar-refractivity contribution in [2.24, 2.45) is 5.10 Å². The van der Waals surface area contributed by atoms with E-state index in [1.165, 1.54) is 58.1 Å². The van der Waals surface area contributed by atoms with Gasteiger partial charge in [0.05, 0.1) is 39.4 Å². The molecule has 0 saturated carbocycles. The van der Waals surface area contributed by atoms with Crippen LogP contribution in [0.2, 0.25) is 0 Å². The zero-order valence-corrected chi connectivity index (χ0v) is 23.7. The third-order valence-corrected chi connectivity index (χ3v) is 6.09. The Morgan fingerprint density at radius 2 is 1.54 bits per heavy atom. The highest BCUT2D eigenvalue weighted by molar-refractivity contribution is 9.10. The van der Waals surface area contributed by atoms with E-state index in [4.69, 9.17) is 23.4 Å². The maximum Gasteiger partial charge on any atom is 0.343 e. The van der Waals surface area contributed by atoms with Crippen molar-refractivity contribution < 1.29 is 37.7 Å². The third-order valence-electron chi connectivity index (χ3n) is 5.59. The largest absolute Gasteiger partial charge is 0.493 e. The van der Waals surface area contributed by atoms with Gasteiger partial charge in [-0.2, -0.15) is 5.10 Å². The molecular formula is C29H24BrN3O8. The summed E-state index contributed by atoms with van der Waals surface area (Å²) in [6.07, 6.45) is 2.75. The number of furan rings is 1. The van der Waals surface area contributed by atoms with E-state index in [0.29, 0.717) is 38.5 Å². The maximum atomic E-state index is 13.0. The van der Waals surface area contributed by atoms with E-state index < -0.39 is 17.8 Å². The molecule has 0 aliphatic rings. The van der Waals surface area contributed by atoms with Crippen molar-refractivity contribution in [3.8, 4) is 23.0 Å². The minimum absolute atomic E-state index is 0.169. The Morgan fingerprint density at radius 1 is 0.829 bits per heavy atom. The number of amides is 2. The maximum absolute atomic E-state index is 13.0. The van der Waals surface area contributed by atoms with Crippen LogP contribution >= 0.6 is 15.9 Å². The number of rotatable bonds is 10. The average molecular weight is 622 g/mol. The van der Waals surface area contributed by atoms with Gasteiger partial charge in [-0.25, -0.2) is 10.2 Å². The number of halogens is 1. The standard InChI is InChI=1S/C29H24BrN3O8/c1-37-24-14-18(15-25(38-2)26(24)39-3)29(36)41-22-11-8-20(30)13-19(22)16-31-33-27(34)17-6-9-21(10-7-17)32-28(35)23-5-4-12-40-23/h4-16H,1-3H3,(H,32,35)(H,33,34)/b31-16-. The highest BCUT2D eigenvalue weighted by Gasteiger charge is 2.19. The fourth-order valence-corrected chi connectivity index (χ4v) is 3.98. The van der Waals surface area contributed by atoms with E-state index in [1.807, 2.05) is 0 Å². The van der Waals surface area contributed by atoms with Crippen molar-refractivity contribution in [2.45, 2.75) is 0 Å². The molecule has 0 spiro atoms. The van der Waals surface area contributed by atoms with Crippen LogP contribution in [0.3, 0.4) is 0 Å². The lowest BCUT2D eigenvalue weighted by molar-refractivity contribution is 0.0733. The zero-order chi connectivity index (χ0) is 29.4. The number of benzene rings is 3. The summed E-state index contributed by atoms with van der Waals surface area (Å²) in [7, 11) is 4.35. The summed E-state index contributed by atoms with van der Waals surface area (Å²) >= 11 is 3.38. The Bertz CT molecular complexity index is 1560. The Balaban J connectivity index is 1.44. The number of carbonyl (C=O) groups excluding carboxylic acids is 3. The molecule has 0 fully saturated rings. The summed E-state index contributed by atoms with van der Waals surface area (Å²) in [6, 6.07) is 17.3. The molecule has 41 heavy (non-hydrogen) atoms. The highest BCUT2D eigenvalue weighted by atomic mass is 79.9. The first-order chi connectivity index (χ1) is 19.8. The molecule has 1 heterocycles. The van der Waals surface area contributed by atoms with Gasteiger partial charge in [-0.3, -0.25) is 9.59 Å². The first-order valence-electron chi connectivity index (χ1n) is 11.9. The predicted molar refractivity (Wildman–Crippen MR) is 153 cm³/mol. The van der Waals surface area contributed by atoms with Crippen LogP contribution in [0.15, 0.2) is 87.0 Å². The highest BCUT2D eigenvalue weighted by Crippen LogP contribution is 2.38. The van der Waals surface area contributed by atoms with E-state index in [1.54, 1.807) is 42.5 Å². The molecule has 2 amide bonds. The van der Waals surface area contributed by atoms with E-state index in [0.717, 1.165) is 0 Å². The van der Waals surface area contributed by atoms with Crippen molar-refractivity contribution in [1.82, 2.24) is 5.43 Å². The number of hydrogen-bond donors (Lipinski definition) is 2. The monoisotopic (exact) mass is 621 g/mol. The molecule has 210 valence electrons. The number of anilines is 1. The molecule has 11 nitrogen and oxygen atoms in total. The topological polar surface area (TPSA) is 138 Å². The lowest BCUT2D eigenvalue weighted by atomic mass is 10.1. The molecular weight excluding hydrogens is 598 g/mol. The second kappa shape index (κ2) is 13.3. The van der Waals surface area contributed by atoms with Crippen LogP contribution in [-0.2, 0) is 0 Å². The van der Waals surface area contributed by atoms with E-state index in [-0.39, 0.29) is 17.1 Å². The molecule has 2 N–H and O–H groups in total. The Hall–Kier alpha value is -5.10. The van der Waals surface area contributed by atoms with Gasteiger partial charge in [0.1, 0.15) is 5.75 Å². The van der Waals surface area contributed by atoms with Crippen molar-refractivity contribution >= 4 is 45.6 Å². The number of ether oxygens (including phenoxy) is 4. The fourth-order valence-electron chi connectivity index (χ4n) is 3.60. The van der Waals surface area contributed by atoms with Gasteiger partial charge < -0.3 is 28.7 Å². The zero-order valence-electron chi connectivity index (χ0n) is 22.1. The number of esters is 1. The molecule has 0 aliphatic heterocycles. The summed E-state index contributed by atoms with van der Waals surface area (Å²) in [5.74, 6) is -0.275. The molecule has 0 atom stereocenters. The normalized spacial score (nSPS) is 10.6. The molecule has 0 radical (unpaired) electrons. The molecule has 0 aliphatic carbocycles. The van der Waals surface area contributed by atoms with Crippen LogP contribution in [-0.4, -0.2) is 45.3 Å². The smallest absolute Gasteiger partial charge is 0.343 e. The Morgan fingerprint density at radius 3 is 2.15 bits per heavy atom. The second-order valence-corrected chi connectivity index (χ2v) is 9.11. The summed E-state index contributed by atoms with van der Waals surface area (Å²) in [4.78, 5) is 37.7. The van der Waals surface area contributed by atoms with Crippen LogP contribution in [0.25, 0.3) is 0 Å². The van der Waals surface area contributed by atoms with Gasteiger partial charge in [-0.05, 0) is 66.7 Å². The first kappa shape index (κ1) is 28.9. The second-order valence-electron chi connectivity index (χ2n) is 8.19. The van der Waals surface area contributed by atoms with Crippen LogP contribution in [0.5, 0.6) is 23.0 Å². The Kier molecular flexibility index (Phi) is 9.38. The number of hydrogen-bond acceptors (Lipinski definition) is 9. The first-order valence-corrected chi connectivity index (χ1v) is 12.7. The van der Waals surface area contributed by atoms with Gasteiger partial charge in [0.2, 0.25) is 5.75 Å². The van der Waals surface area contributed by atoms with Crippen molar-refractivity contribution in [3.63, 3.8) is 0 Å². The van der Waals surface area contributed by atoms with Gasteiger partial charge in [0.15, 0.2) is 17.3 Å². The number of nitrogens with one attached hydrogen (secondary N) is 2. The summed E-state index contributed by atoms with van der Waals surface area (Å²) in [5.41, 5.74) is 3.80. The molecule has 12 heteroatoms. The molecule has 0 unspecified atom stereocenters. The summed E-state index contributed by atoms with van der Waals surface area (Å²) in [5, 5.41) is 6.68. The predicted octanol–water partition coefficient (Wildman–Crippen LogP) is 5.30. The summed E-state index contributed by atoms with van der Waals surface area (Å²) in [6.45, 7) is 0. The van der Waals surface area contributed by atoms with Crippen molar-refractivity contribution in [3.05, 3.63) is 99.9 Å². The third kappa shape index (κ3) is 7.11. The van der Waals surface area contributed by atoms with E-state index in [2.05, 4.69) is 31.8 Å². The van der Waals surface area contributed by atoms with Crippen LogP contribution < -0.4 is 29.7 Å². The van der Waals surface area contributed by atoms with Crippen LogP contribution in [0, 0.1) is 0 Å². The Labute approximate surface area is 243 Å². The minimum atomic E-state index is -0.676. The van der Waals surface area contributed by atoms with Gasteiger partial charge >= 0.3 is 5.97 Å². The quantitative estimate of drug-likeness (QED) is 0.105. The number of hydrazone groups is 1. The molecule has 4 aromatic rings. The van der Waals surface area contributed by atoms with Gasteiger partial charge in [0, 0.05) is 21.3 Å². The fraction of sp³-hybridized carbons (Fsp3) is 0.103. The molecule has 0 saturated heterocycles. The molecule has 3 aromatic carbocycles. The number of methoxy groups -OCH3 is 3. The van der Waals surface area contributed by atoms with E-state index >= 15 is 0 Å². The van der Waals surface area contributed by atoms with Gasteiger partial charge in [-0.1, -0.05) is 15.9 Å². The number of carbonyl (C=O) groups is 3. The van der Waals surface area contributed by atoms with Gasteiger partial charge in [0.25, 0.3) is 11.8 Å². The molecule has 4 rings (SSSR count). The minimum Gasteiger partial charge on any atom is -0.493 e. The van der Waals surface area contributed by atoms with Crippen LogP contribution in [0.1, 0.15) is 36.8 Å². The lowest BCUT2D eigenvalue weighted by Crippen LogP contribution is -2.18. The van der Waals surface area contributed by atoms with Gasteiger partial charge in [-0.15, -0.1) is 0 Å². The van der Waals surface area contributed by atoms with Crippen molar-refractivity contribution in [2.75, 3.05) is 26.6 Å². The molecule has 1 aromatic heterocycles. The number of nitrogens with zero attached hydrogens (tertiary/aromatic N) is 1. The summed E-state index contributed by atoms with van der Waals surface area (Å²) < 4.78 is 27.3. The van der Waals surface area contributed by atoms with Crippen LogP contribution in [0.4, 0.5) is 5.69 Å². The van der Waals surface area contributed by atoms with Crippen molar-refractivity contribution in [1.29, 1.82) is 0 Å². The average Bonchev–Trinajstić information content (AvgIpc) is 3.53. The van der Waals surface area contributed by atoms with E-state index in [9.17, 15) is 14.4 Å². The SMILES string of the molecule is COc1cc(C(=O)Oc2ccc(Br)cc2/C=N\NC(=O)c2ccc(NC(=O)c3ccco3)cc2)cc(OC)c1OC. The molecule has 0 bridgehead atoms. The lowest BCUT2D eigenvalue weighted by Gasteiger charge is -2.14.